The van der Waals surface area contributed by atoms with Crippen LogP contribution in [-0.2, 0) is 4.79 Å². The average molecular weight is 266 g/mol. The van der Waals surface area contributed by atoms with Gasteiger partial charge in [0, 0.05) is 6.08 Å². The Morgan fingerprint density at radius 1 is 0.947 bits per heavy atom. The Balaban J connectivity index is 3.99. The van der Waals surface area contributed by atoms with Crippen LogP contribution >= 0.6 is 0 Å². The standard InChI is InChI=1S/C17H30O2/c1-3-5-7-9-10-12-14-16(15-17(18)19)13-11-8-6-4-2/h12,14-15H,3-11,13H2,1-2H3,(H,18,19)/b14-12+,16-15+. The summed E-state index contributed by atoms with van der Waals surface area (Å²) in [5.41, 5.74) is 0.957. The van der Waals surface area contributed by atoms with Crippen molar-refractivity contribution in [1.82, 2.24) is 0 Å². The van der Waals surface area contributed by atoms with Crippen LogP contribution in [0.4, 0.5) is 0 Å². The molecule has 0 aliphatic heterocycles. The van der Waals surface area contributed by atoms with Crippen molar-refractivity contribution in [3.05, 3.63) is 23.8 Å². The van der Waals surface area contributed by atoms with Crippen LogP contribution in [-0.4, -0.2) is 11.1 Å². The summed E-state index contributed by atoms with van der Waals surface area (Å²) in [6.45, 7) is 4.39. The molecule has 0 rings (SSSR count). The predicted octanol–water partition coefficient (Wildman–Crippen LogP) is 5.49. The van der Waals surface area contributed by atoms with E-state index in [1.165, 1.54) is 51.0 Å². The highest BCUT2D eigenvalue weighted by molar-refractivity contribution is 5.81. The van der Waals surface area contributed by atoms with Gasteiger partial charge in [-0.2, -0.15) is 0 Å². The minimum Gasteiger partial charge on any atom is -0.478 e. The second kappa shape index (κ2) is 13.4. The maximum Gasteiger partial charge on any atom is 0.328 e. The van der Waals surface area contributed by atoms with Crippen LogP contribution in [0.15, 0.2) is 23.8 Å². The van der Waals surface area contributed by atoms with Gasteiger partial charge >= 0.3 is 5.97 Å². The number of hydrogen-bond acceptors (Lipinski definition) is 1. The van der Waals surface area contributed by atoms with Gasteiger partial charge in [-0.25, -0.2) is 4.79 Å². The van der Waals surface area contributed by atoms with Gasteiger partial charge < -0.3 is 5.11 Å². The number of carboxylic acids is 1. The molecule has 0 spiro atoms. The number of unbranched alkanes of at least 4 members (excludes halogenated alkanes) is 7. The Hall–Kier alpha value is -1.05. The predicted molar refractivity (Wildman–Crippen MR) is 82.4 cm³/mol. The van der Waals surface area contributed by atoms with Gasteiger partial charge in [-0.3, -0.25) is 0 Å². The van der Waals surface area contributed by atoms with Gasteiger partial charge in [0.1, 0.15) is 0 Å². The normalized spacial score (nSPS) is 12.2. The molecular weight excluding hydrogens is 236 g/mol. The first-order chi connectivity index (χ1) is 9.20. The summed E-state index contributed by atoms with van der Waals surface area (Å²) < 4.78 is 0. The van der Waals surface area contributed by atoms with Gasteiger partial charge in [0.05, 0.1) is 0 Å². The van der Waals surface area contributed by atoms with Crippen LogP contribution in [0.25, 0.3) is 0 Å². The van der Waals surface area contributed by atoms with E-state index in [-0.39, 0.29) is 0 Å². The largest absolute Gasteiger partial charge is 0.478 e. The summed E-state index contributed by atoms with van der Waals surface area (Å²) in [7, 11) is 0. The summed E-state index contributed by atoms with van der Waals surface area (Å²) in [6, 6.07) is 0. The van der Waals surface area contributed by atoms with Gasteiger partial charge in [0.15, 0.2) is 0 Å². The number of allylic oxidation sites excluding steroid dienone is 3. The highest BCUT2D eigenvalue weighted by Crippen LogP contribution is 2.12. The Morgan fingerprint density at radius 2 is 1.58 bits per heavy atom. The smallest absolute Gasteiger partial charge is 0.328 e. The van der Waals surface area contributed by atoms with Crippen molar-refractivity contribution >= 4 is 5.97 Å². The molecule has 0 aliphatic carbocycles. The highest BCUT2D eigenvalue weighted by Gasteiger charge is 1.97. The summed E-state index contributed by atoms with van der Waals surface area (Å²) in [4.78, 5) is 10.8. The lowest BCUT2D eigenvalue weighted by molar-refractivity contribution is -0.131. The molecule has 0 unspecified atom stereocenters. The van der Waals surface area contributed by atoms with Crippen molar-refractivity contribution in [2.75, 3.05) is 0 Å². The zero-order chi connectivity index (χ0) is 14.3. The number of aliphatic carboxylic acids is 1. The van der Waals surface area contributed by atoms with E-state index in [9.17, 15) is 4.79 Å². The van der Waals surface area contributed by atoms with E-state index in [0.29, 0.717) is 0 Å². The van der Waals surface area contributed by atoms with Gasteiger partial charge in [-0.05, 0) is 31.3 Å². The molecule has 0 amide bonds. The lowest BCUT2D eigenvalue weighted by Crippen LogP contribution is -1.91. The van der Waals surface area contributed by atoms with E-state index in [4.69, 9.17) is 5.11 Å². The molecule has 0 heterocycles. The second-order valence-electron chi connectivity index (χ2n) is 5.12. The van der Waals surface area contributed by atoms with Crippen LogP contribution in [0.2, 0.25) is 0 Å². The lowest BCUT2D eigenvalue weighted by Gasteiger charge is -2.02. The molecule has 0 atom stereocenters. The number of hydrogen-bond donors (Lipinski definition) is 1. The second-order valence-corrected chi connectivity index (χ2v) is 5.12. The third kappa shape index (κ3) is 13.2. The van der Waals surface area contributed by atoms with Crippen molar-refractivity contribution in [2.24, 2.45) is 0 Å². The molecule has 0 bridgehead atoms. The molecule has 0 fully saturated rings. The van der Waals surface area contributed by atoms with Crippen LogP contribution in [0.5, 0.6) is 0 Å². The number of carbonyl (C=O) groups is 1. The fraction of sp³-hybridized carbons (Fsp3) is 0.706. The molecule has 0 aromatic carbocycles. The molecule has 0 radical (unpaired) electrons. The Kier molecular flexibility index (Phi) is 12.6. The molecule has 19 heavy (non-hydrogen) atoms. The molecule has 1 N–H and O–H groups in total. The van der Waals surface area contributed by atoms with E-state index < -0.39 is 5.97 Å². The SMILES string of the molecule is CCCCCC/C=C/C(=C/C(=O)O)CCCCCC. The van der Waals surface area contributed by atoms with E-state index in [1.807, 2.05) is 6.08 Å². The van der Waals surface area contributed by atoms with Gasteiger partial charge in [-0.1, -0.05) is 64.5 Å². The molecule has 0 aliphatic rings. The van der Waals surface area contributed by atoms with Crippen molar-refractivity contribution in [2.45, 2.75) is 78.1 Å². The Bertz CT molecular complexity index is 277. The molecule has 0 saturated heterocycles. The van der Waals surface area contributed by atoms with Gasteiger partial charge in [0.25, 0.3) is 0 Å². The van der Waals surface area contributed by atoms with E-state index >= 15 is 0 Å². The molecular formula is C17H30O2. The van der Waals surface area contributed by atoms with Crippen molar-refractivity contribution in [3.63, 3.8) is 0 Å². The first-order valence-electron chi connectivity index (χ1n) is 7.80. The fourth-order valence-electron chi connectivity index (χ4n) is 2.04. The maximum atomic E-state index is 10.8. The molecule has 0 saturated carbocycles. The van der Waals surface area contributed by atoms with Crippen LogP contribution < -0.4 is 0 Å². The monoisotopic (exact) mass is 266 g/mol. The van der Waals surface area contributed by atoms with Gasteiger partial charge in [0.2, 0.25) is 0 Å². The third-order valence-corrected chi connectivity index (χ3v) is 3.18. The molecule has 0 aromatic heterocycles. The zero-order valence-corrected chi connectivity index (χ0v) is 12.7. The Morgan fingerprint density at radius 3 is 2.16 bits per heavy atom. The summed E-state index contributed by atoms with van der Waals surface area (Å²) in [5.74, 6) is -0.832. The topological polar surface area (TPSA) is 37.3 Å². The fourth-order valence-corrected chi connectivity index (χ4v) is 2.04. The summed E-state index contributed by atoms with van der Waals surface area (Å²) in [5, 5.41) is 8.85. The lowest BCUT2D eigenvalue weighted by atomic mass is 10.0. The van der Waals surface area contributed by atoms with E-state index in [0.717, 1.165) is 24.8 Å². The van der Waals surface area contributed by atoms with Gasteiger partial charge in [-0.15, -0.1) is 0 Å². The zero-order valence-electron chi connectivity index (χ0n) is 12.7. The average Bonchev–Trinajstić information content (AvgIpc) is 2.37. The molecule has 2 heteroatoms. The van der Waals surface area contributed by atoms with Crippen molar-refractivity contribution in [3.8, 4) is 0 Å². The minimum atomic E-state index is -0.832. The van der Waals surface area contributed by atoms with Crippen LogP contribution in [0, 0.1) is 0 Å². The Labute approximate surface area is 118 Å². The summed E-state index contributed by atoms with van der Waals surface area (Å²) >= 11 is 0. The summed E-state index contributed by atoms with van der Waals surface area (Å²) in [6.07, 6.45) is 17.2. The quantitative estimate of drug-likeness (QED) is 0.288. The molecule has 0 aromatic rings. The maximum absolute atomic E-state index is 10.8. The number of rotatable bonds is 12. The minimum absolute atomic E-state index is 0.832. The third-order valence-electron chi connectivity index (χ3n) is 3.18. The molecule has 2 nitrogen and oxygen atoms in total. The van der Waals surface area contributed by atoms with Crippen LogP contribution in [0.1, 0.15) is 78.1 Å². The van der Waals surface area contributed by atoms with Crippen molar-refractivity contribution < 1.29 is 9.90 Å². The highest BCUT2D eigenvalue weighted by atomic mass is 16.4. The van der Waals surface area contributed by atoms with E-state index in [2.05, 4.69) is 19.9 Å². The van der Waals surface area contributed by atoms with Crippen molar-refractivity contribution in [1.29, 1.82) is 0 Å². The van der Waals surface area contributed by atoms with Crippen LogP contribution in [0.3, 0.4) is 0 Å². The molecule has 110 valence electrons. The first kappa shape index (κ1) is 17.9. The first-order valence-corrected chi connectivity index (χ1v) is 7.80. The van der Waals surface area contributed by atoms with E-state index in [1.54, 1.807) is 0 Å². The number of carboxylic acid groups (broad SMARTS) is 1.